The second-order valence-electron chi connectivity index (χ2n) is 5.27. The van der Waals surface area contributed by atoms with E-state index in [-0.39, 0.29) is 17.3 Å². The fraction of sp³-hybridized carbons (Fsp3) is 0.278. The average molecular weight is 350 g/mol. The van der Waals surface area contributed by atoms with E-state index >= 15 is 0 Å². The summed E-state index contributed by atoms with van der Waals surface area (Å²) in [5.41, 5.74) is 2.96. The zero-order chi connectivity index (χ0) is 17.7. The Bertz CT molecular complexity index is 733. The maximum absolute atomic E-state index is 11.6. The highest BCUT2D eigenvalue weighted by Crippen LogP contribution is 2.31. The Morgan fingerprint density at radius 3 is 2.67 bits per heavy atom. The number of hydrogen-bond acceptors (Lipinski definition) is 4. The molecule has 0 aliphatic heterocycles. The summed E-state index contributed by atoms with van der Waals surface area (Å²) in [6.07, 6.45) is 0.0332. The van der Waals surface area contributed by atoms with Crippen LogP contribution in [0.2, 0.25) is 5.02 Å². The summed E-state index contributed by atoms with van der Waals surface area (Å²) in [6.45, 7) is 4.21. The predicted molar refractivity (Wildman–Crippen MR) is 93.0 cm³/mol. The van der Waals surface area contributed by atoms with Gasteiger partial charge in [0.25, 0.3) is 0 Å². The molecule has 2 aromatic carbocycles. The third-order valence-electron chi connectivity index (χ3n) is 3.66. The Balaban J connectivity index is 2.24. The molecule has 0 aliphatic carbocycles. The second-order valence-corrected chi connectivity index (χ2v) is 5.68. The zero-order valence-electron chi connectivity index (χ0n) is 13.9. The first-order valence-electron chi connectivity index (χ1n) is 7.54. The van der Waals surface area contributed by atoms with E-state index < -0.39 is 6.09 Å². The van der Waals surface area contributed by atoms with Gasteiger partial charge >= 0.3 is 6.09 Å². The smallest absolute Gasteiger partial charge is 0.438 e. The van der Waals surface area contributed by atoms with E-state index in [9.17, 15) is 10.0 Å². The van der Waals surface area contributed by atoms with Gasteiger partial charge in [-0.3, -0.25) is 5.21 Å². The van der Waals surface area contributed by atoms with Crippen molar-refractivity contribution in [3.63, 3.8) is 0 Å². The molecule has 1 N–H and O–H groups in total. The molecular weight excluding hydrogens is 330 g/mol. The first-order valence-corrected chi connectivity index (χ1v) is 7.92. The zero-order valence-corrected chi connectivity index (χ0v) is 14.6. The lowest BCUT2D eigenvalue weighted by atomic mass is 10.1. The number of benzene rings is 2. The molecule has 0 aliphatic rings. The third kappa shape index (κ3) is 3.99. The number of hydroxylamine groups is 1. The Labute approximate surface area is 146 Å². The van der Waals surface area contributed by atoms with Gasteiger partial charge in [-0.15, -0.1) is 0 Å². The summed E-state index contributed by atoms with van der Waals surface area (Å²) in [5, 5.41) is 10.6. The van der Waals surface area contributed by atoms with Gasteiger partial charge in [0, 0.05) is 5.56 Å². The van der Waals surface area contributed by atoms with Gasteiger partial charge in [0.2, 0.25) is 0 Å². The summed E-state index contributed by atoms with van der Waals surface area (Å²) in [5.74, 6) is 0.737. The van der Waals surface area contributed by atoms with Crippen LogP contribution >= 0.6 is 11.6 Å². The van der Waals surface area contributed by atoms with E-state index in [1.807, 2.05) is 19.1 Å². The number of carbonyl (C=O) groups is 1. The molecule has 0 atom stereocenters. The lowest BCUT2D eigenvalue weighted by Crippen LogP contribution is -2.28. The van der Waals surface area contributed by atoms with Crippen molar-refractivity contribution in [1.29, 1.82) is 0 Å². The Morgan fingerprint density at radius 1 is 1.29 bits per heavy atom. The molecule has 0 radical (unpaired) electrons. The van der Waals surface area contributed by atoms with E-state index in [1.165, 1.54) is 12.7 Å². The number of anilines is 1. The van der Waals surface area contributed by atoms with Crippen molar-refractivity contribution in [3.8, 4) is 5.75 Å². The molecule has 2 rings (SSSR count). The molecule has 128 valence electrons. The number of carbonyl (C=O) groups excluding carboxylic acids is 1. The fourth-order valence-electron chi connectivity index (χ4n) is 2.34. The van der Waals surface area contributed by atoms with E-state index in [4.69, 9.17) is 16.3 Å². The standard InChI is InChI=1S/C18H20ClNO4/c1-4-13-8-9-16(12(2)10-13)24-11-14-6-5-7-15(19)17(14)20(22)18(21)23-3/h5-10,22H,4,11H2,1-3H3. The molecular formula is C18H20ClNO4. The topological polar surface area (TPSA) is 59.0 Å². The van der Waals surface area contributed by atoms with Gasteiger partial charge in [0.05, 0.1) is 12.1 Å². The quantitative estimate of drug-likeness (QED) is 0.625. The highest BCUT2D eigenvalue weighted by molar-refractivity contribution is 6.33. The summed E-state index contributed by atoms with van der Waals surface area (Å²) < 4.78 is 10.4. The Kier molecular flexibility index (Phi) is 6.06. The van der Waals surface area contributed by atoms with Gasteiger partial charge in [-0.25, -0.2) is 4.79 Å². The first-order chi connectivity index (χ1) is 11.5. The SMILES string of the molecule is CCc1ccc(OCc2cccc(Cl)c2N(O)C(=O)OC)c(C)c1. The number of halogens is 1. The van der Waals surface area contributed by atoms with Crippen LogP contribution in [0.1, 0.15) is 23.6 Å². The van der Waals surface area contributed by atoms with E-state index in [0.29, 0.717) is 10.6 Å². The van der Waals surface area contributed by atoms with Crippen molar-refractivity contribution in [3.05, 3.63) is 58.1 Å². The maximum atomic E-state index is 11.6. The minimum Gasteiger partial charge on any atom is -0.489 e. The van der Waals surface area contributed by atoms with Crippen molar-refractivity contribution in [1.82, 2.24) is 0 Å². The summed E-state index contributed by atoms with van der Waals surface area (Å²) in [6, 6.07) is 11.0. The number of rotatable bonds is 5. The van der Waals surface area contributed by atoms with Crippen LogP contribution in [0.15, 0.2) is 36.4 Å². The average Bonchev–Trinajstić information content (AvgIpc) is 2.59. The molecule has 1 amide bonds. The number of hydrogen-bond donors (Lipinski definition) is 1. The molecule has 24 heavy (non-hydrogen) atoms. The highest BCUT2D eigenvalue weighted by atomic mass is 35.5. The van der Waals surface area contributed by atoms with Crippen molar-refractivity contribution < 1.29 is 19.5 Å². The lowest BCUT2D eigenvalue weighted by molar-refractivity contribution is 0.140. The van der Waals surface area contributed by atoms with Crippen molar-refractivity contribution in [2.24, 2.45) is 0 Å². The molecule has 5 nitrogen and oxygen atoms in total. The van der Waals surface area contributed by atoms with Gasteiger partial charge < -0.3 is 9.47 Å². The van der Waals surface area contributed by atoms with Crippen LogP contribution in [0, 0.1) is 6.92 Å². The van der Waals surface area contributed by atoms with Crippen LogP contribution in [-0.4, -0.2) is 18.4 Å². The molecule has 0 bridgehead atoms. The normalized spacial score (nSPS) is 10.4. The number of para-hydroxylation sites is 1. The minimum atomic E-state index is -0.923. The van der Waals surface area contributed by atoms with Crippen LogP contribution in [0.4, 0.5) is 10.5 Å². The Hall–Kier alpha value is -2.24. The number of methoxy groups -OCH3 is 1. The van der Waals surface area contributed by atoms with Crippen LogP contribution in [-0.2, 0) is 17.8 Å². The molecule has 2 aromatic rings. The highest BCUT2D eigenvalue weighted by Gasteiger charge is 2.20. The van der Waals surface area contributed by atoms with Crippen molar-refractivity contribution in [2.75, 3.05) is 12.2 Å². The molecule has 0 unspecified atom stereocenters. The fourth-order valence-corrected chi connectivity index (χ4v) is 2.61. The molecule has 0 aromatic heterocycles. The van der Waals surface area contributed by atoms with Crippen LogP contribution < -0.4 is 9.80 Å². The largest absolute Gasteiger partial charge is 0.489 e. The minimum absolute atomic E-state index is 0.147. The summed E-state index contributed by atoms with van der Waals surface area (Å²) in [7, 11) is 1.18. The molecule has 0 spiro atoms. The van der Waals surface area contributed by atoms with Crippen molar-refractivity contribution >= 4 is 23.4 Å². The first kappa shape index (κ1) is 18.1. The van der Waals surface area contributed by atoms with Crippen LogP contribution in [0.3, 0.4) is 0 Å². The van der Waals surface area contributed by atoms with Gasteiger partial charge in [-0.2, -0.15) is 5.06 Å². The Morgan fingerprint density at radius 2 is 2.04 bits per heavy atom. The number of aryl methyl sites for hydroxylation is 2. The monoisotopic (exact) mass is 349 g/mol. The number of ether oxygens (including phenoxy) is 2. The van der Waals surface area contributed by atoms with E-state index in [1.54, 1.807) is 18.2 Å². The second kappa shape index (κ2) is 8.04. The van der Waals surface area contributed by atoms with Gasteiger partial charge in [-0.05, 0) is 36.6 Å². The van der Waals surface area contributed by atoms with E-state index in [0.717, 1.165) is 17.7 Å². The number of amides is 1. The maximum Gasteiger partial charge on any atom is 0.438 e. The molecule has 0 fully saturated rings. The predicted octanol–water partition coefficient (Wildman–Crippen LogP) is 4.75. The van der Waals surface area contributed by atoms with E-state index in [2.05, 4.69) is 17.7 Å². The molecule has 0 saturated carbocycles. The van der Waals surface area contributed by atoms with Crippen LogP contribution in [0.25, 0.3) is 0 Å². The number of nitrogens with zero attached hydrogens (tertiary/aromatic N) is 1. The van der Waals surface area contributed by atoms with Gasteiger partial charge in [0.1, 0.15) is 18.0 Å². The van der Waals surface area contributed by atoms with Crippen LogP contribution in [0.5, 0.6) is 5.75 Å². The molecule has 6 heteroatoms. The van der Waals surface area contributed by atoms with Gasteiger partial charge in [-0.1, -0.05) is 42.8 Å². The summed E-state index contributed by atoms with van der Waals surface area (Å²) in [4.78, 5) is 11.6. The third-order valence-corrected chi connectivity index (χ3v) is 3.97. The van der Waals surface area contributed by atoms with Crippen molar-refractivity contribution in [2.45, 2.75) is 26.9 Å². The molecule has 0 heterocycles. The van der Waals surface area contributed by atoms with Gasteiger partial charge in [0.15, 0.2) is 0 Å². The molecule has 0 saturated heterocycles. The lowest BCUT2D eigenvalue weighted by Gasteiger charge is -2.19. The summed E-state index contributed by atoms with van der Waals surface area (Å²) >= 11 is 6.11.